The molecule has 1 aliphatic heterocycles. The van der Waals surface area contributed by atoms with E-state index in [1.807, 2.05) is 19.1 Å². The van der Waals surface area contributed by atoms with Gasteiger partial charge in [0.15, 0.2) is 0 Å². The molecule has 2 N–H and O–H groups in total. The molecule has 2 aliphatic rings. The van der Waals surface area contributed by atoms with Crippen LogP contribution in [0.4, 0.5) is 10.5 Å². The Morgan fingerprint density at radius 2 is 2.10 bits per heavy atom. The van der Waals surface area contributed by atoms with Crippen molar-refractivity contribution >= 4 is 23.5 Å². The third kappa shape index (κ3) is 3.72. The number of hydrogen-bond acceptors (Lipinski definition) is 6. The maximum atomic E-state index is 12.6. The number of anilines is 1. The van der Waals surface area contributed by atoms with Crippen LogP contribution in [0.5, 0.6) is 0 Å². The summed E-state index contributed by atoms with van der Waals surface area (Å²) in [6.45, 7) is 2.13. The Hall–Kier alpha value is -3.23. The van der Waals surface area contributed by atoms with Crippen LogP contribution in [0.25, 0.3) is 11.5 Å². The fourth-order valence-corrected chi connectivity index (χ4v) is 4.00. The van der Waals surface area contributed by atoms with Gasteiger partial charge in [-0.1, -0.05) is 18.9 Å². The number of nitrogens with one attached hydrogen (secondary N) is 2. The van der Waals surface area contributed by atoms with Gasteiger partial charge in [0, 0.05) is 24.2 Å². The maximum Gasteiger partial charge on any atom is 0.325 e. The van der Waals surface area contributed by atoms with Crippen molar-refractivity contribution in [2.45, 2.75) is 51.0 Å². The number of amides is 4. The van der Waals surface area contributed by atoms with E-state index in [-0.39, 0.29) is 30.8 Å². The summed E-state index contributed by atoms with van der Waals surface area (Å²) in [5.74, 6) is 0.0434. The van der Waals surface area contributed by atoms with Gasteiger partial charge in [-0.05, 0) is 43.9 Å². The first-order valence-corrected chi connectivity index (χ1v) is 9.80. The summed E-state index contributed by atoms with van der Waals surface area (Å²) in [6.07, 6.45) is 5.15. The van der Waals surface area contributed by atoms with E-state index in [1.165, 1.54) is 11.3 Å². The topological polar surface area (TPSA) is 117 Å². The van der Waals surface area contributed by atoms with Crippen LogP contribution in [0, 0.1) is 6.92 Å². The van der Waals surface area contributed by atoms with Gasteiger partial charge >= 0.3 is 6.03 Å². The fourth-order valence-electron chi connectivity index (χ4n) is 4.00. The Kier molecular flexibility index (Phi) is 5.04. The van der Waals surface area contributed by atoms with E-state index in [2.05, 4.69) is 20.8 Å². The molecule has 4 rings (SSSR count). The molecule has 1 saturated heterocycles. The average molecular weight is 397 g/mol. The Balaban J connectivity index is 1.32. The van der Waals surface area contributed by atoms with Crippen molar-refractivity contribution in [3.63, 3.8) is 0 Å². The van der Waals surface area contributed by atoms with Crippen LogP contribution in [0.1, 0.15) is 44.1 Å². The molecule has 2 fully saturated rings. The first-order chi connectivity index (χ1) is 14.0. The van der Waals surface area contributed by atoms with Crippen molar-refractivity contribution in [2.24, 2.45) is 0 Å². The molecule has 1 aromatic carbocycles. The molecule has 152 valence electrons. The second kappa shape index (κ2) is 7.65. The zero-order chi connectivity index (χ0) is 20.4. The highest BCUT2D eigenvalue weighted by molar-refractivity contribution is 6.07. The Bertz CT molecular complexity index is 934. The number of aromatic nitrogens is 2. The van der Waals surface area contributed by atoms with Crippen molar-refractivity contribution in [1.82, 2.24) is 20.4 Å². The van der Waals surface area contributed by atoms with Crippen LogP contribution in [0.2, 0.25) is 0 Å². The second-order valence-electron chi connectivity index (χ2n) is 7.60. The third-order valence-corrected chi connectivity index (χ3v) is 5.61. The number of aryl methyl sites for hydroxylation is 1. The zero-order valence-corrected chi connectivity index (χ0v) is 16.2. The number of imide groups is 1. The van der Waals surface area contributed by atoms with E-state index >= 15 is 0 Å². The Labute approximate surface area is 167 Å². The monoisotopic (exact) mass is 397 g/mol. The molecular weight excluding hydrogens is 374 g/mol. The molecule has 29 heavy (non-hydrogen) atoms. The molecule has 4 amide bonds. The van der Waals surface area contributed by atoms with Crippen molar-refractivity contribution < 1.29 is 18.8 Å². The lowest BCUT2D eigenvalue weighted by Gasteiger charge is -2.20. The smallest absolute Gasteiger partial charge is 0.325 e. The van der Waals surface area contributed by atoms with Crippen LogP contribution in [-0.4, -0.2) is 45.0 Å². The molecule has 0 unspecified atom stereocenters. The zero-order valence-electron chi connectivity index (χ0n) is 16.2. The first kappa shape index (κ1) is 19.1. The SMILES string of the molecule is Cc1ccc(-c2nnco2)cc1NC(=O)CCCN1C(=O)NC2(CCCC2)C1=O. The molecule has 2 heterocycles. The minimum Gasteiger partial charge on any atom is -0.423 e. The molecule has 9 heteroatoms. The molecule has 1 aliphatic carbocycles. The van der Waals surface area contributed by atoms with E-state index < -0.39 is 5.54 Å². The highest BCUT2D eigenvalue weighted by Gasteiger charge is 2.52. The van der Waals surface area contributed by atoms with Gasteiger partial charge in [-0.3, -0.25) is 14.5 Å². The number of carbonyl (C=O) groups excluding carboxylic acids is 3. The number of carbonyl (C=O) groups is 3. The van der Waals surface area contributed by atoms with E-state index in [0.29, 0.717) is 36.4 Å². The molecule has 0 bridgehead atoms. The predicted molar refractivity (Wildman–Crippen MR) is 104 cm³/mol. The maximum absolute atomic E-state index is 12.6. The van der Waals surface area contributed by atoms with Crippen LogP contribution in [0.3, 0.4) is 0 Å². The van der Waals surface area contributed by atoms with Crippen molar-refractivity contribution in [3.05, 3.63) is 30.2 Å². The molecule has 0 atom stereocenters. The quantitative estimate of drug-likeness (QED) is 0.724. The lowest BCUT2D eigenvalue weighted by molar-refractivity contribution is -0.131. The number of hydrogen-bond donors (Lipinski definition) is 2. The summed E-state index contributed by atoms with van der Waals surface area (Å²) in [6, 6.07) is 5.14. The van der Waals surface area contributed by atoms with Gasteiger partial charge in [-0.25, -0.2) is 4.79 Å². The van der Waals surface area contributed by atoms with Gasteiger partial charge in [-0.15, -0.1) is 10.2 Å². The molecule has 9 nitrogen and oxygen atoms in total. The van der Waals surface area contributed by atoms with Gasteiger partial charge in [0.1, 0.15) is 5.54 Å². The van der Waals surface area contributed by atoms with Gasteiger partial charge in [0.2, 0.25) is 18.2 Å². The van der Waals surface area contributed by atoms with Crippen molar-refractivity contribution in [3.8, 4) is 11.5 Å². The standard InChI is InChI=1S/C20H23N5O4/c1-13-6-7-14(17-24-21-12-29-17)11-15(13)22-16(26)5-4-10-25-18(27)20(23-19(25)28)8-2-3-9-20/h6-7,11-12H,2-5,8-10H2,1H3,(H,22,26)(H,23,28). The van der Waals surface area contributed by atoms with E-state index in [0.717, 1.165) is 18.4 Å². The van der Waals surface area contributed by atoms with Crippen molar-refractivity contribution in [1.29, 1.82) is 0 Å². The summed E-state index contributed by atoms with van der Waals surface area (Å²) < 4.78 is 5.19. The van der Waals surface area contributed by atoms with E-state index in [4.69, 9.17) is 4.42 Å². The number of nitrogens with zero attached hydrogens (tertiary/aromatic N) is 3. The van der Waals surface area contributed by atoms with E-state index in [1.54, 1.807) is 6.07 Å². The number of urea groups is 1. The largest absolute Gasteiger partial charge is 0.423 e. The molecule has 1 saturated carbocycles. The van der Waals surface area contributed by atoms with Crippen LogP contribution in [0.15, 0.2) is 29.0 Å². The molecule has 1 aromatic heterocycles. The summed E-state index contributed by atoms with van der Waals surface area (Å²) in [5.41, 5.74) is 1.57. The lowest BCUT2D eigenvalue weighted by Crippen LogP contribution is -2.44. The minimum absolute atomic E-state index is 0.150. The Morgan fingerprint density at radius 3 is 2.83 bits per heavy atom. The minimum atomic E-state index is -0.703. The lowest BCUT2D eigenvalue weighted by atomic mass is 9.98. The second-order valence-corrected chi connectivity index (χ2v) is 7.60. The normalized spacial score (nSPS) is 17.8. The van der Waals surface area contributed by atoms with Gasteiger partial charge in [-0.2, -0.15) is 0 Å². The molecule has 2 aromatic rings. The van der Waals surface area contributed by atoms with Gasteiger partial charge in [0.05, 0.1) is 0 Å². The van der Waals surface area contributed by atoms with Gasteiger partial charge < -0.3 is 15.1 Å². The fraction of sp³-hybridized carbons (Fsp3) is 0.450. The Morgan fingerprint density at radius 1 is 1.31 bits per heavy atom. The predicted octanol–water partition coefficient (Wildman–Crippen LogP) is 2.63. The molecule has 0 radical (unpaired) electrons. The molecule has 1 spiro atoms. The van der Waals surface area contributed by atoms with Gasteiger partial charge in [0.25, 0.3) is 5.91 Å². The highest BCUT2D eigenvalue weighted by atomic mass is 16.4. The third-order valence-electron chi connectivity index (χ3n) is 5.61. The highest BCUT2D eigenvalue weighted by Crippen LogP contribution is 2.35. The van der Waals surface area contributed by atoms with Crippen LogP contribution < -0.4 is 10.6 Å². The summed E-state index contributed by atoms with van der Waals surface area (Å²) in [7, 11) is 0. The first-order valence-electron chi connectivity index (χ1n) is 9.80. The van der Waals surface area contributed by atoms with E-state index in [9.17, 15) is 14.4 Å². The molecular formula is C20H23N5O4. The van der Waals surface area contributed by atoms with Crippen LogP contribution in [-0.2, 0) is 9.59 Å². The van der Waals surface area contributed by atoms with Crippen LogP contribution >= 0.6 is 0 Å². The summed E-state index contributed by atoms with van der Waals surface area (Å²) in [4.78, 5) is 38.4. The number of benzene rings is 1. The summed E-state index contributed by atoms with van der Waals surface area (Å²) in [5, 5.41) is 13.3. The number of rotatable bonds is 6. The summed E-state index contributed by atoms with van der Waals surface area (Å²) >= 11 is 0. The van der Waals surface area contributed by atoms with Crippen molar-refractivity contribution in [2.75, 3.05) is 11.9 Å². The average Bonchev–Trinajstić information content (AvgIpc) is 3.43.